The largest absolute Gasteiger partial charge is 0.325 e. The van der Waals surface area contributed by atoms with Crippen molar-refractivity contribution in [3.63, 3.8) is 0 Å². The minimum Gasteiger partial charge on any atom is -0.325 e. The Morgan fingerprint density at radius 2 is 2.36 bits per heavy atom. The number of anilines is 1. The molecule has 1 aromatic rings. The van der Waals surface area contributed by atoms with Crippen LogP contribution in [0.4, 0.5) is 10.1 Å². The van der Waals surface area contributed by atoms with Gasteiger partial charge in [0.1, 0.15) is 5.82 Å². The van der Waals surface area contributed by atoms with Crippen LogP contribution in [0.25, 0.3) is 0 Å². The molecule has 1 N–H and O–H groups in total. The van der Waals surface area contributed by atoms with Crippen molar-refractivity contribution in [2.24, 2.45) is 0 Å². The molecule has 0 aliphatic heterocycles. The van der Waals surface area contributed by atoms with E-state index in [0.717, 1.165) is 0 Å². The average molecular weight is 278 g/mol. The maximum absolute atomic E-state index is 12.8. The van der Waals surface area contributed by atoms with Crippen LogP contribution in [0.2, 0.25) is 0 Å². The lowest BCUT2D eigenvalue weighted by Crippen LogP contribution is -2.13. The molecule has 0 fully saturated rings. The Hall–Kier alpha value is -0.550. The standard InChI is InChI=1S/C9H9BrFNOS/c1-14-5-9(13)12-6-2-3-8(11)7(10)4-6/h2-4H,5H2,1H3,(H,12,13). The highest BCUT2D eigenvalue weighted by Gasteiger charge is 2.03. The summed E-state index contributed by atoms with van der Waals surface area (Å²) in [4.78, 5) is 11.2. The number of carbonyl (C=O) groups excluding carboxylic acids is 1. The summed E-state index contributed by atoms with van der Waals surface area (Å²) in [7, 11) is 0. The van der Waals surface area contributed by atoms with Crippen LogP contribution in [0.3, 0.4) is 0 Å². The van der Waals surface area contributed by atoms with Gasteiger partial charge in [0.05, 0.1) is 10.2 Å². The number of halogens is 2. The Morgan fingerprint density at radius 3 is 2.93 bits per heavy atom. The molecule has 0 saturated heterocycles. The van der Waals surface area contributed by atoms with Crippen LogP contribution >= 0.6 is 27.7 Å². The van der Waals surface area contributed by atoms with Gasteiger partial charge in [-0.05, 0) is 40.4 Å². The van der Waals surface area contributed by atoms with Crippen molar-refractivity contribution >= 4 is 39.3 Å². The normalized spacial score (nSPS) is 9.93. The highest BCUT2D eigenvalue weighted by molar-refractivity contribution is 9.10. The highest BCUT2D eigenvalue weighted by atomic mass is 79.9. The quantitative estimate of drug-likeness (QED) is 0.921. The number of rotatable bonds is 3. The first-order valence-corrected chi connectivity index (χ1v) is 6.06. The first-order valence-electron chi connectivity index (χ1n) is 3.87. The van der Waals surface area contributed by atoms with Crippen molar-refractivity contribution in [1.29, 1.82) is 0 Å². The fourth-order valence-corrected chi connectivity index (χ4v) is 1.62. The summed E-state index contributed by atoms with van der Waals surface area (Å²) in [6.07, 6.45) is 1.85. The third-order valence-electron chi connectivity index (χ3n) is 1.48. The van der Waals surface area contributed by atoms with Crippen LogP contribution in [0.5, 0.6) is 0 Å². The molecule has 0 aliphatic carbocycles. The van der Waals surface area contributed by atoms with Crippen molar-refractivity contribution in [3.8, 4) is 0 Å². The molecule has 0 atom stereocenters. The molecule has 5 heteroatoms. The van der Waals surface area contributed by atoms with E-state index in [-0.39, 0.29) is 11.7 Å². The van der Waals surface area contributed by atoms with Crippen LogP contribution < -0.4 is 5.32 Å². The Kier molecular flexibility index (Phi) is 4.41. The zero-order valence-corrected chi connectivity index (χ0v) is 9.91. The van der Waals surface area contributed by atoms with Crippen molar-refractivity contribution in [2.75, 3.05) is 17.3 Å². The monoisotopic (exact) mass is 277 g/mol. The summed E-state index contributed by atoms with van der Waals surface area (Å²) in [5, 5.41) is 2.65. The highest BCUT2D eigenvalue weighted by Crippen LogP contribution is 2.19. The van der Waals surface area contributed by atoms with E-state index in [2.05, 4.69) is 21.2 Å². The molecule has 0 aromatic heterocycles. The van der Waals surface area contributed by atoms with E-state index < -0.39 is 0 Å². The van der Waals surface area contributed by atoms with E-state index in [1.54, 1.807) is 0 Å². The van der Waals surface area contributed by atoms with Crippen molar-refractivity contribution in [1.82, 2.24) is 0 Å². The molecular weight excluding hydrogens is 269 g/mol. The molecule has 0 radical (unpaired) electrons. The predicted molar refractivity (Wildman–Crippen MR) is 61.1 cm³/mol. The molecule has 0 heterocycles. The second-order valence-corrected chi connectivity index (χ2v) is 4.33. The molecule has 1 amide bonds. The number of hydrogen-bond acceptors (Lipinski definition) is 2. The van der Waals surface area contributed by atoms with Crippen molar-refractivity contribution in [3.05, 3.63) is 28.5 Å². The first-order chi connectivity index (χ1) is 6.63. The van der Waals surface area contributed by atoms with Crippen molar-refractivity contribution < 1.29 is 9.18 Å². The summed E-state index contributed by atoms with van der Waals surface area (Å²) in [6.45, 7) is 0. The third-order valence-corrected chi connectivity index (χ3v) is 2.64. The zero-order valence-electron chi connectivity index (χ0n) is 7.51. The summed E-state index contributed by atoms with van der Waals surface area (Å²) in [5.74, 6) is -0.0292. The van der Waals surface area contributed by atoms with Gasteiger partial charge in [0.25, 0.3) is 0 Å². The molecule has 14 heavy (non-hydrogen) atoms. The second kappa shape index (κ2) is 5.36. The van der Waals surface area contributed by atoms with Gasteiger partial charge < -0.3 is 5.32 Å². The van der Waals surface area contributed by atoms with Gasteiger partial charge in [-0.3, -0.25) is 4.79 Å². The molecule has 76 valence electrons. The summed E-state index contributed by atoms with van der Waals surface area (Å²) in [6, 6.07) is 4.37. The number of hydrogen-bond donors (Lipinski definition) is 1. The third kappa shape index (κ3) is 3.31. The van der Waals surface area contributed by atoms with Crippen LogP contribution in [0, 0.1) is 5.82 Å². The van der Waals surface area contributed by atoms with Crippen LogP contribution in [-0.4, -0.2) is 17.9 Å². The van der Waals surface area contributed by atoms with Gasteiger partial charge in [-0.1, -0.05) is 0 Å². The maximum Gasteiger partial charge on any atom is 0.234 e. The Morgan fingerprint density at radius 1 is 1.64 bits per heavy atom. The second-order valence-electron chi connectivity index (χ2n) is 2.61. The average Bonchev–Trinajstić information content (AvgIpc) is 2.12. The molecule has 0 aliphatic rings. The maximum atomic E-state index is 12.8. The van der Waals surface area contributed by atoms with E-state index in [1.807, 2.05) is 6.26 Å². The van der Waals surface area contributed by atoms with Gasteiger partial charge in [0.15, 0.2) is 0 Å². The van der Waals surface area contributed by atoms with Gasteiger partial charge in [0.2, 0.25) is 5.91 Å². The molecular formula is C9H9BrFNOS. The number of thioether (sulfide) groups is 1. The van der Waals surface area contributed by atoms with Gasteiger partial charge in [-0.15, -0.1) is 0 Å². The topological polar surface area (TPSA) is 29.1 Å². The number of amides is 1. The van der Waals surface area contributed by atoms with Gasteiger partial charge >= 0.3 is 0 Å². The van der Waals surface area contributed by atoms with Gasteiger partial charge in [-0.25, -0.2) is 4.39 Å². The zero-order chi connectivity index (χ0) is 10.6. The first kappa shape index (κ1) is 11.5. The fraction of sp³-hybridized carbons (Fsp3) is 0.222. The number of benzene rings is 1. The van der Waals surface area contributed by atoms with E-state index in [0.29, 0.717) is 15.9 Å². The van der Waals surface area contributed by atoms with Gasteiger partial charge in [0, 0.05) is 5.69 Å². The molecule has 1 aromatic carbocycles. The molecule has 1 rings (SSSR count). The predicted octanol–water partition coefficient (Wildman–Crippen LogP) is 2.89. The smallest absolute Gasteiger partial charge is 0.234 e. The summed E-state index contributed by atoms with van der Waals surface area (Å²) >= 11 is 4.48. The van der Waals surface area contributed by atoms with E-state index in [9.17, 15) is 9.18 Å². The minimum absolute atomic E-state index is 0.0870. The SMILES string of the molecule is CSCC(=O)Nc1ccc(F)c(Br)c1. The lowest BCUT2D eigenvalue weighted by Gasteiger charge is -2.04. The fourth-order valence-electron chi connectivity index (χ4n) is 0.902. The van der Waals surface area contributed by atoms with E-state index >= 15 is 0 Å². The number of carbonyl (C=O) groups is 1. The molecule has 0 spiro atoms. The van der Waals surface area contributed by atoms with Crippen molar-refractivity contribution in [2.45, 2.75) is 0 Å². The van der Waals surface area contributed by atoms with Crippen LogP contribution in [0.15, 0.2) is 22.7 Å². The molecule has 0 unspecified atom stereocenters. The summed E-state index contributed by atoms with van der Waals surface area (Å²) < 4.78 is 13.2. The van der Waals surface area contributed by atoms with E-state index in [1.165, 1.54) is 30.0 Å². The van der Waals surface area contributed by atoms with Crippen LogP contribution in [-0.2, 0) is 4.79 Å². The number of nitrogens with one attached hydrogen (secondary N) is 1. The molecule has 0 saturated carbocycles. The lowest BCUT2D eigenvalue weighted by atomic mass is 10.3. The summed E-state index contributed by atoms with van der Waals surface area (Å²) in [5.41, 5.74) is 0.595. The Balaban J connectivity index is 2.68. The van der Waals surface area contributed by atoms with E-state index in [4.69, 9.17) is 0 Å². The Bertz CT molecular complexity index is 346. The van der Waals surface area contributed by atoms with Gasteiger partial charge in [-0.2, -0.15) is 11.8 Å². The lowest BCUT2D eigenvalue weighted by molar-refractivity contribution is -0.113. The Labute approximate surface area is 94.4 Å². The molecule has 2 nitrogen and oxygen atoms in total. The minimum atomic E-state index is -0.340. The molecule has 0 bridgehead atoms. The van der Waals surface area contributed by atoms with Crippen LogP contribution in [0.1, 0.15) is 0 Å².